The van der Waals surface area contributed by atoms with Crippen molar-refractivity contribution in [2.45, 2.75) is 25.2 Å². The van der Waals surface area contributed by atoms with Crippen molar-refractivity contribution in [3.63, 3.8) is 0 Å². The quantitative estimate of drug-likeness (QED) is 0.430. The van der Waals surface area contributed by atoms with Gasteiger partial charge in [0.25, 0.3) is 5.91 Å². The average molecular weight is 477 g/mol. The van der Waals surface area contributed by atoms with Gasteiger partial charge in [0, 0.05) is 30.4 Å². The van der Waals surface area contributed by atoms with Gasteiger partial charge in [-0.15, -0.1) is 0 Å². The van der Waals surface area contributed by atoms with Gasteiger partial charge >= 0.3 is 12.1 Å². The first kappa shape index (κ1) is 24.7. The number of carbonyl (C=O) groups is 2. The molecule has 2 aromatic heterocycles. The number of nitrogens with zero attached hydrogens (tertiary/aromatic N) is 2. The number of hydrogen-bond donors (Lipinski definition) is 4. The number of halogens is 3. The molecule has 0 bridgehead atoms. The molecule has 180 valence electrons. The number of aromatic nitrogens is 3. The van der Waals surface area contributed by atoms with E-state index in [1.165, 1.54) is 0 Å². The van der Waals surface area contributed by atoms with Crippen LogP contribution in [0.5, 0.6) is 5.75 Å². The Morgan fingerprint density at radius 3 is 2.59 bits per heavy atom. The fourth-order valence-corrected chi connectivity index (χ4v) is 3.03. The van der Waals surface area contributed by atoms with Crippen LogP contribution in [-0.4, -0.2) is 57.5 Å². The van der Waals surface area contributed by atoms with Crippen LogP contribution in [0.3, 0.4) is 0 Å². The van der Waals surface area contributed by atoms with Crippen LogP contribution in [0.25, 0.3) is 11.3 Å². The lowest BCUT2D eigenvalue weighted by atomic mass is 10.1. The van der Waals surface area contributed by atoms with Gasteiger partial charge in [0.15, 0.2) is 0 Å². The van der Waals surface area contributed by atoms with E-state index in [0.717, 1.165) is 36.3 Å². The molecule has 3 heterocycles. The van der Waals surface area contributed by atoms with Crippen molar-refractivity contribution in [2.24, 2.45) is 0 Å². The summed E-state index contributed by atoms with van der Waals surface area (Å²) < 4.78 is 37.7. The predicted octanol–water partition coefficient (Wildman–Crippen LogP) is 2.78. The molecule has 12 heteroatoms. The van der Waals surface area contributed by atoms with Gasteiger partial charge in [0.05, 0.1) is 11.9 Å². The number of amides is 1. The Balaban J connectivity index is 0.000000406. The first-order valence-corrected chi connectivity index (χ1v) is 10.2. The number of aromatic amines is 1. The molecule has 4 N–H and O–H groups in total. The van der Waals surface area contributed by atoms with Gasteiger partial charge in [-0.1, -0.05) is 30.3 Å². The zero-order valence-electron chi connectivity index (χ0n) is 17.8. The summed E-state index contributed by atoms with van der Waals surface area (Å²) in [6.45, 7) is 2.15. The minimum absolute atomic E-state index is 0.143. The number of nitrogens with one attached hydrogen (secondary N) is 3. The van der Waals surface area contributed by atoms with E-state index in [-0.39, 0.29) is 12.0 Å². The highest BCUT2D eigenvalue weighted by Gasteiger charge is 2.38. The molecule has 0 aliphatic carbocycles. The number of carbonyl (C=O) groups excluding carboxylic acids is 1. The standard InChI is InChI=1S/C20H21N5O2.C2HF3O2/c26-20(18-10-17(24-25-18)14-4-2-1-3-5-14)23-11-15-6-8-22-13-19(15)27-16-7-9-21-12-16;3-2(4,5)1(6)7/h1-6,8,10,13,16,21H,7,9,11-12H2,(H,23,26)(H,24,25);(H,6,7)/t16-;/m0./s1. The maximum absolute atomic E-state index is 12.5. The van der Waals surface area contributed by atoms with E-state index in [1.54, 1.807) is 18.5 Å². The summed E-state index contributed by atoms with van der Waals surface area (Å²) >= 11 is 0. The predicted molar refractivity (Wildman–Crippen MR) is 115 cm³/mol. The second-order valence-corrected chi connectivity index (χ2v) is 7.23. The van der Waals surface area contributed by atoms with Crippen molar-refractivity contribution in [3.8, 4) is 17.0 Å². The third-order valence-electron chi connectivity index (χ3n) is 4.75. The zero-order chi connectivity index (χ0) is 24.6. The van der Waals surface area contributed by atoms with E-state index in [1.807, 2.05) is 36.4 Å². The van der Waals surface area contributed by atoms with E-state index in [4.69, 9.17) is 14.6 Å². The Hall–Kier alpha value is -3.93. The van der Waals surface area contributed by atoms with Crippen molar-refractivity contribution in [2.75, 3.05) is 13.1 Å². The fourth-order valence-electron chi connectivity index (χ4n) is 3.03. The van der Waals surface area contributed by atoms with Gasteiger partial charge in [-0.3, -0.25) is 14.9 Å². The third-order valence-corrected chi connectivity index (χ3v) is 4.75. The van der Waals surface area contributed by atoms with Crippen molar-refractivity contribution in [1.29, 1.82) is 0 Å². The van der Waals surface area contributed by atoms with Crippen molar-refractivity contribution >= 4 is 11.9 Å². The first-order chi connectivity index (χ1) is 16.2. The smallest absolute Gasteiger partial charge is 0.487 e. The van der Waals surface area contributed by atoms with Crippen molar-refractivity contribution in [1.82, 2.24) is 25.8 Å². The Kier molecular flexibility index (Phi) is 8.19. The summed E-state index contributed by atoms with van der Waals surface area (Å²) in [6.07, 6.45) is -0.573. The number of aliphatic carboxylic acids is 1. The zero-order valence-corrected chi connectivity index (χ0v) is 17.8. The molecule has 1 saturated heterocycles. The van der Waals surface area contributed by atoms with Gasteiger partial charge in [-0.05, 0) is 25.1 Å². The molecule has 4 rings (SSSR count). The molecule has 1 aromatic carbocycles. The SMILES string of the molecule is O=C(NCc1ccncc1O[C@H]1CCNC1)c1cc(-c2ccccc2)n[nH]1.O=C(O)C(F)(F)F. The van der Waals surface area contributed by atoms with Crippen LogP contribution in [0.1, 0.15) is 22.5 Å². The van der Waals surface area contributed by atoms with E-state index in [0.29, 0.717) is 18.0 Å². The minimum atomic E-state index is -5.08. The number of carboxylic acid groups (broad SMARTS) is 1. The van der Waals surface area contributed by atoms with E-state index in [2.05, 4.69) is 25.8 Å². The van der Waals surface area contributed by atoms with Crippen molar-refractivity contribution < 1.29 is 32.6 Å². The molecule has 0 unspecified atom stereocenters. The molecule has 1 aliphatic heterocycles. The highest BCUT2D eigenvalue weighted by atomic mass is 19.4. The lowest BCUT2D eigenvalue weighted by Crippen LogP contribution is -2.25. The second-order valence-electron chi connectivity index (χ2n) is 7.23. The molecule has 3 aromatic rings. The van der Waals surface area contributed by atoms with Gasteiger partial charge in [-0.25, -0.2) is 4.79 Å². The number of rotatable bonds is 6. The first-order valence-electron chi connectivity index (χ1n) is 10.2. The largest absolute Gasteiger partial charge is 0.490 e. The van der Waals surface area contributed by atoms with Gasteiger partial charge < -0.3 is 20.5 Å². The minimum Gasteiger partial charge on any atom is -0.487 e. The van der Waals surface area contributed by atoms with Crippen LogP contribution in [-0.2, 0) is 11.3 Å². The Morgan fingerprint density at radius 1 is 1.21 bits per heavy atom. The maximum Gasteiger partial charge on any atom is 0.490 e. The molecule has 0 saturated carbocycles. The topological polar surface area (TPSA) is 129 Å². The van der Waals surface area contributed by atoms with Gasteiger partial charge in [0.1, 0.15) is 17.5 Å². The summed E-state index contributed by atoms with van der Waals surface area (Å²) in [4.78, 5) is 25.5. The number of pyridine rings is 1. The number of carboxylic acids is 1. The van der Waals surface area contributed by atoms with Crippen LogP contribution in [0.4, 0.5) is 13.2 Å². The summed E-state index contributed by atoms with van der Waals surface area (Å²) in [5.74, 6) is -2.26. The molecular formula is C22H22F3N5O4. The monoisotopic (exact) mass is 477 g/mol. The molecule has 34 heavy (non-hydrogen) atoms. The van der Waals surface area contributed by atoms with Crippen molar-refractivity contribution in [3.05, 3.63) is 66.1 Å². The Bertz CT molecular complexity index is 1100. The summed E-state index contributed by atoms with van der Waals surface area (Å²) in [5.41, 5.74) is 3.02. The lowest BCUT2D eigenvalue weighted by Gasteiger charge is -2.15. The molecule has 1 aliphatic rings. The summed E-state index contributed by atoms with van der Waals surface area (Å²) in [6, 6.07) is 13.3. The Labute approximate surface area is 192 Å². The molecule has 1 atom stereocenters. The summed E-state index contributed by atoms with van der Waals surface area (Å²) in [5, 5.41) is 20.3. The van der Waals surface area contributed by atoms with Crippen LogP contribution >= 0.6 is 0 Å². The second kappa shape index (κ2) is 11.3. The Morgan fingerprint density at radius 2 is 1.94 bits per heavy atom. The van der Waals surface area contributed by atoms with Crippen LogP contribution in [0, 0.1) is 0 Å². The maximum atomic E-state index is 12.5. The number of H-pyrrole nitrogens is 1. The van der Waals surface area contributed by atoms with Crippen LogP contribution in [0.15, 0.2) is 54.9 Å². The number of ether oxygens (including phenoxy) is 1. The van der Waals surface area contributed by atoms with Gasteiger partial charge in [0.2, 0.25) is 0 Å². The highest BCUT2D eigenvalue weighted by molar-refractivity contribution is 5.93. The van der Waals surface area contributed by atoms with Crippen LogP contribution in [0.2, 0.25) is 0 Å². The number of benzene rings is 1. The number of hydrogen-bond acceptors (Lipinski definition) is 6. The average Bonchev–Trinajstić information content (AvgIpc) is 3.51. The molecule has 1 amide bonds. The van der Waals surface area contributed by atoms with E-state index in [9.17, 15) is 18.0 Å². The number of alkyl halides is 3. The van der Waals surface area contributed by atoms with Gasteiger partial charge in [-0.2, -0.15) is 18.3 Å². The molecule has 0 spiro atoms. The normalized spacial score (nSPS) is 15.2. The third kappa shape index (κ3) is 7.04. The van der Waals surface area contributed by atoms with E-state index < -0.39 is 12.1 Å². The fraction of sp³-hybridized carbons (Fsp3) is 0.273. The van der Waals surface area contributed by atoms with Crippen LogP contribution < -0.4 is 15.4 Å². The molecule has 0 radical (unpaired) electrons. The lowest BCUT2D eigenvalue weighted by molar-refractivity contribution is -0.192. The molecule has 9 nitrogen and oxygen atoms in total. The summed E-state index contributed by atoms with van der Waals surface area (Å²) in [7, 11) is 0. The highest BCUT2D eigenvalue weighted by Crippen LogP contribution is 2.20. The molecule has 1 fully saturated rings. The molecular weight excluding hydrogens is 455 g/mol. The van der Waals surface area contributed by atoms with E-state index >= 15 is 0 Å².